The molecule has 2 aliphatic heterocycles. The number of aryl methyl sites for hydroxylation is 1. The average molecular weight is 529 g/mol. The molecule has 1 amide bonds. The van der Waals surface area contributed by atoms with Crippen molar-refractivity contribution in [1.82, 2.24) is 20.6 Å². The van der Waals surface area contributed by atoms with Crippen LogP contribution in [0.4, 0.5) is 9.52 Å². The van der Waals surface area contributed by atoms with Gasteiger partial charge < -0.3 is 25.3 Å². The zero-order chi connectivity index (χ0) is 24.4. The molecule has 182 valence electrons. The van der Waals surface area contributed by atoms with Crippen molar-refractivity contribution in [2.75, 3.05) is 31.3 Å². The van der Waals surface area contributed by atoms with Gasteiger partial charge in [-0.3, -0.25) is 9.79 Å². The van der Waals surface area contributed by atoms with E-state index in [-0.39, 0.29) is 28.9 Å². The molecule has 0 unspecified atom stereocenters. The number of alkyl halides is 1. The van der Waals surface area contributed by atoms with Gasteiger partial charge in [0.1, 0.15) is 29.1 Å². The Morgan fingerprint density at radius 1 is 1.38 bits per heavy atom. The molecule has 0 radical (unpaired) electrons. The third-order valence-corrected chi connectivity index (χ3v) is 7.49. The van der Waals surface area contributed by atoms with Crippen LogP contribution in [-0.4, -0.2) is 66.6 Å². The van der Waals surface area contributed by atoms with Crippen molar-refractivity contribution in [2.45, 2.75) is 32.5 Å². The number of hydrogen-bond donors (Lipinski definition) is 3. The summed E-state index contributed by atoms with van der Waals surface area (Å²) in [6.45, 7) is 4.46. The van der Waals surface area contributed by atoms with E-state index in [4.69, 9.17) is 27.9 Å². The van der Waals surface area contributed by atoms with Crippen LogP contribution >= 0.6 is 34.5 Å². The lowest BCUT2D eigenvalue weighted by molar-refractivity contribution is 0.0531. The van der Waals surface area contributed by atoms with Crippen LogP contribution in [0.5, 0.6) is 0 Å². The van der Waals surface area contributed by atoms with Crippen LogP contribution < -0.4 is 15.5 Å². The molecule has 0 saturated carbocycles. The van der Waals surface area contributed by atoms with Gasteiger partial charge in [-0.15, -0.1) is 0 Å². The number of thiazole rings is 1. The normalized spacial score (nSPS) is 20.0. The Morgan fingerprint density at radius 3 is 2.79 bits per heavy atom. The molecule has 4 rings (SSSR count). The minimum absolute atomic E-state index is 0.00629. The highest BCUT2D eigenvalue weighted by molar-refractivity contribution is 7.17. The van der Waals surface area contributed by atoms with Gasteiger partial charge in [0.05, 0.1) is 34.9 Å². The monoisotopic (exact) mass is 528 g/mol. The lowest BCUT2D eigenvalue weighted by Crippen LogP contribution is -2.52. The molecule has 0 aromatic carbocycles. The Kier molecular flexibility index (Phi) is 7.44. The summed E-state index contributed by atoms with van der Waals surface area (Å²) >= 11 is 13.3. The summed E-state index contributed by atoms with van der Waals surface area (Å²) in [6.07, 6.45) is 2.34. The zero-order valence-electron chi connectivity index (χ0n) is 18.5. The van der Waals surface area contributed by atoms with Gasteiger partial charge >= 0.3 is 5.97 Å². The molecule has 2 aromatic rings. The largest absolute Gasteiger partial charge is 0.462 e. The highest BCUT2D eigenvalue weighted by atomic mass is 35.5. The number of halogens is 3. The summed E-state index contributed by atoms with van der Waals surface area (Å²) in [5.74, 6) is -0.999. The van der Waals surface area contributed by atoms with Crippen molar-refractivity contribution in [3.63, 3.8) is 0 Å². The Bertz CT molecular complexity index is 1160. The highest BCUT2D eigenvalue weighted by Crippen LogP contribution is 2.33. The van der Waals surface area contributed by atoms with Crippen molar-refractivity contribution in [1.29, 1.82) is 0 Å². The number of aromatic nitrogens is 2. The van der Waals surface area contributed by atoms with Crippen LogP contribution in [0.1, 0.15) is 44.9 Å². The molecule has 2 aliphatic rings. The van der Waals surface area contributed by atoms with Gasteiger partial charge in [0.25, 0.3) is 5.91 Å². The lowest BCUT2D eigenvalue weighted by Gasteiger charge is -2.34. The highest BCUT2D eigenvalue weighted by Gasteiger charge is 2.34. The van der Waals surface area contributed by atoms with E-state index in [1.54, 1.807) is 31.0 Å². The standard InChI is InChI=1S/C21H23Cl2FN6O3S/c1-3-33-20(32)18-16(13-4-6-25-9-26-13)29-21(34-18)30-7-5-12(11(24)8-30)28-19(31)17-15(23)14(22)10(2)27-17/h4,6,11-12,26-27H,3,5,7-9H2,1-2H3,(H,28,31)/t11-,12+/m0/s1. The zero-order valence-corrected chi connectivity index (χ0v) is 20.8. The molecule has 2 atom stereocenters. The number of esters is 1. The van der Waals surface area contributed by atoms with E-state index in [1.807, 2.05) is 0 Å². The van der Waals surface area contributed by atoms with Gasteiger partial charge in [0, 0.05) is 18.5 Å². The van der Waals surface area contributed by atoms with Crippen molar-refractivity contribution in [3.8, 4) is 0 Å². The molecule has 2 aromatic heterocycles. The summed E-state index contributed by atoms with van der Waals surface area (Å²) in [6, 6.07) is -0.704. The molecular formula is C21H23Cl2FN6O3S. The molecule has 0 bridgehead atoms. The molecule has 34 heavy (non-hydrogen) atoms. The van der Waals surface area contributed by atoms with Crippen LogP contribution in [0, 0.1) is 6.92 Å². The fourth-order valence-electron chi connectivity index (χ4n) is 3.70. The number of carbonyl (C=O) groups excluding carboxylic acids is 2. The summed E-state index contributed by atoms with van der Waals surface area (Å²) < 4.78 is 20.3. The number of ether oxygens (including phenoxy) is 1. The third-order valence-electron chi connectivity index (χ3n) is 5.45. The molecular weight excluding hydrogens is 506 g/mol. The number of nitrogens with zero attached hydrogens (tertiary/aromatic N) is 3. The number of aliphatic imine (C=N–C) groups is 1. The van der Waals surface area contributed by atoms with E-state index in [9.17, 15) is 9.59 Å². The first-order chi connectivity index (χ1) is 16.3. The Hall–Kier alpha value is -2.63. The molecule has 0 aliphatic carbocycles. The van der Waals surface area contributed by atoms with Crippen LogP contribution in [-0.2, 0) is 4.74 Å². The third kappa shape index (κ3) is 4.91. The van der Waals surface area contributed by atoms with Crippen molar-refractivity contribution in [2.24, 2.45) is 4.99 Å². The Labute approximate surface area is 209 Å². The maximum Gasteiger partial charge on any atom is 0.350 e. The molecule has 3 N–H and O–H groups in total. The first kappa shape index (κ1) is 24.5. The van der Waals surface area contributed by atoms with Crippen LogP contribution in [0.15, 0.2) is 11.1 Å². The predicted octanol–water partition coefficient (Wildman–Crippen LogP) is 3.58. The maximum atomic E-state index is 15.1. The van der Waals surface area contributed by atoms with E-state index < -0.39 is 24.1 Å². The van der Waals surface area contributed by atoms with Crippen molar-refractivity contribution < 1.29 is 18.7 Å². The number of aromatic amines is 1. The molecule has 4 heterocycles. The first-order valence-electron chi connectivity index (χ1n) is 10.7. The van der Waals surface area contributed by atoms with Gasteiger partial charge in [-0.25, -0.2) is 14.2 Å². The predicted molar refractivity (Wildman–Crippen MR) is 131 cm³/mol. The fourth-order valence-corrected chi connectivity index (χ4v) is 5.13. The molecule has 9 nitrogen and oxygen atoms in total. The summed E-state index contributed by atoms with van der Waals surface area (Å²) in [5.41, 5.74) is 1.77. The van der Waals surface area contributed by atoms with E-state index in [1.165, 1.54) is 0 Å². The summed E-state index contributed by atoms with van der Waals surface area (Å²) in [5, 5.41) is 6.68. The van der Waals surface area contributed by atoms with E-state index >= 15 is 4.39 Å². The number of piperidine rings is 1. The maximum absolute atomic E-state index is 15.1. The number of hydrogen-bond acceptors (Lipinski definition) is 8. The number of anilines is 1. The van der Waals surface area contributed by atoms with Gasteiger partial charge in [-0.05, 0) is 26.3 Å². The number of nitrogens with one attached hydrogen (secondary N) is 3. The average Bonchev–Trinajstić information content (AvgIpc) is 3.39. The molecule has 0 spiro atoms. The van der Waals surface area contributed by atoms with Gasteiger partial charge in [0.15, 0.2) is 5.13 Å². The van der Waals surface area contributed by atoms with E-state index in [0.29, 0.717) is 46.7 Å². The number of amides is 1. The van der Waals surface area contributed by atoms with Crippen molar-refractivity contribution >= 4 is 63.5 Å². The number of H-pyrrole nitrogens is 1. The second kappa shape index (κ2) is 10.3. The quantitative estimate of drug-likeness (QED) is 0.494. The Morgan fingerprint density at radius 2 is 2.18 bits per heavy atom. The fraction of sp³-hybridized carbons (Fsp3) is 0.429. The van der Waals surface area contributed by atoms with Crippen LogP contribution in [0.3, 0.4) is 0 Å². The lowest BCUT2D eigenvalue weighted by atomic mass is 10.0. The van der Waals surface area contributed by atoms with Gasteiger partial charge in [0.2, 0.25) is 0 Å². The van der Waals surface area contributed by atoms with Gasteiger partial charge in [-0.2, -0.15) is 0 Å². The minimum Gasteiger partial charge on any atom is -0.462 e. The van der Waals surface area contributed by atoms with E-state index in [2.05, 4.69) is 25.6 Å². The number of allylic oxidation sites excluding steroid dienone is 1. The molecule has 13 heteroatoms. The van der Waals surface area contributed by atoms with Crippen molar-refractivity contribution in [3.05, 3.63) is 38.1 Å². The minimum atomic E-state index is -1.36. The molecule has 1 saturated heterocycles. The smallest absolute Gasteiger partial charge is 0.350 e. The Balaban J connectivity index is 1.49. The van der Waals surface area contributed by atoms with Gasteiger partial charge in [-0.1, -0.05) is 34.5 Å². The summed E-state index contributed by atoms with van der Waals surface area (Å²) in [7, 11) is 0. The number of rotatable bonds is 6. The second-order valence-electron chi connectivity index (χ2n) is 7.73. The SMILES string of the molecule is CCOC(=O)c1sc(N2CC[C@@H](NC(=O)c3[nH]c(C)c(Cl)c3Cl)[C@@H](F)C2)nc1C1=CC=NCN1. The topological polar surface area (TPSA) is 112 Å². The summed E-state index contributed by atoms with van der Waals surface area (Å²) in [4.78, 5) is 38.8. The second-order valence-corrected chi connectivity index (χ2v) is 9.46. The van der Waals surface area contributed by atoms with Crippen LogP contribution in [0.25, 0.3) is 5.70 Å². The van der Waals surface area contributed by atoms with Crippen LogP contribution in [0.2, 0.25) is 10.0 Å². The number of carbonyl (C=O) groups is 2. The molecule has 1 fully saturated rings. The first-order valence-corrected chi connectivity index (χ1v) is 12.2. The van der Waals surface area contributed by atoms with E-state index in [0.717, 1.165) is 11.3 Å².